The van der Waals surface area contributed by atoms with Crippen LogP contribution in [0.25, 0.3) is 0 Å². The minimum atomic E-state index is -0.753. The highest BCUT2D eigenvalue weighted by molar-refractivity contribution is 5.90. The van der Waals surface area contributed by atoms with Crippen LogP contribution in [0.15, 0.2) is 18.2 Å². The van der Waals surface area contributed by atoms with Crippen LogP contribution in [0.2, 0.25) is 0 Å². The molecule has 0 aliphatic carbocycles. The third-order valence-electron chi connectivity index (χ3n) is 1.80. The van der Waals surface area contributed by atoms with Crippen molar-refractivity contribution in [3.63, 3.8) is 0 Å². The topological polar surface area (TPSA) is 38.3 Å². The summed E-state index contributed by atoms with van der Waals surface area (Å²) in [5.41, 5.74) is 0.316. The Bertz CT molecular complexity index is 355. The molecule has 5 heteroatoms. The van der Waals surface area contributed by atoms with E-state index in [0.29, 0.717) is 5.69 Å². The predicted molar refractivity (Wildman–Crippen MR) is 52.2 cm³/mol. The maximum Gasteiger partial charge on any atom is 0.340 e. The molecule has 0 heterocycles. The molecule has 0 bridgehead atoms. The molecule has 1 aromatic carbocycles. The number of carbonyl (C=O) groups excluding carboxylic acids is 1. The molecule has 0 saturated heterocycles. The molecule has 0 unspecified atom stereocenters. The van der Waals surface area contributed by atoms with Gasteiger partial charge in [-0.05, 0) is 18.2 Å². The van der Waals surface area contributed by atoms with Crippen LogP contribution in [0.1, 0.15) is 10.4 Å². The van der Waals surface area contributed by atoms with Crippen LogP contribution in [-0.4, -0.2) is 26.3 Å². The fourth-order valence-electron chi connectivity index (χ4n) is 1.09. The number of benzene rings is 1. The molecule has 0 aliphatic rings. The highest BCUT2D eigenvalue weighted by atomic mass is 19.1. The van der Waals surface area contributed by atoms with E-state index in [0.717, 1.165) is 6.07 Å². The summed E-state index contributed by atoms with van der Waals surface area (Å²) in [6, 6.07) is 3.85. The minimum Gasteiger partial charge on any atom is -0.465 e. The molecule has 0 saturated carbocycles. The van der Waals surface area contributed by atoms with Gasteiger partial charge in [0, 0.05) is 12.2 Å². The number of halogens is 2. The van der Waals surface area contributed by atoms with E-state index in [-0.39, 0.29) is 12.1 Å². The largest absolute Gasteiger partial charge is 0.465 e. The van der Waals surface area contributed by atoms with E-state index in [1.807, 2.05) is 0 Å². The van der Waals surface area contributed by atoms with Crippen LogP contribution in [-0.2, 0) is 4.74 Å². The zero-order valence-electron chi connectivity index (χ0n) is 8.22. The summed E-state index contributed by atoms with van der Waals surface area (Å²) in [5, 5.41) is 2.69. The molecule has 3 nitrogen and oxygen atoms in total. The Kier molecular flexibility index (Phi) is 4.03. The molecule has 0 amide bonds. The van der Waals surface area contributed by atoms with Gasteiger partial charge >= 0.3 is 5.97 Å². The molecule has 15 heavy (non-hydrogen) atoms. The Labute approximate surface area is 86.0 Å². The van der Waals surface area contributed by atoms with Crippen LogP contribution in [0.4, 0.5) is 14.5 Å². The average molecular weight is 215 g/mol. The second-order valence-electron chi connectivity index (χ2n) is 2.80. The van der Waals surface area contributed by atoms with Gasteiger partial charge in [-0.15, -0.1) is 0 Å². The fraction of sp³-hybridized carbons (Fsp3) is 0.300. The van der Waals surface area contributed by atoms with Crippen molar-refractivity contribution in [1.82, 2.24) is 0 Å². The van der Waals surface area contributed by atoms with Gasteiger partial charge in [-0.2, -0.15) is 0 Å². The maximum atomic E-state index is 13.1. The second-order valence-corrected chi connectivity index (χ2v) is 2.80. The van der Waals surface area contributed by atoms with E-state index >= 15 is 0 Å². The summed E-state index contributed by atoms with van der Waals surface area (Å²) in [6.07, 6.45) is 0. The van der Waals surface area contributed by atoms with E-state index in [1.54, 1.807) is 0 Å². The number of hydrogen-bond donors (Lipinski definition) is 1. The molecular weight excluding hydrogens is 204 g/mol. The van der Waals surface area contributed by atoms with Gasteiger partial charge < -0.3 is 10.1 Å². The molecule has 82 valence electrons. The van der Waals surface area contributed by atoms with E-state index in [1.165, 1.54) is 19.2 Å². The molecule has 0 radical (unpaired) electrons. The van der Waals surface area contributed by atoms with Crippen molar-refractivity contribution < 1.29 is 18.3 Å². The van der Waals surface area contributed by atoms with Crippen molar-refractivity contribution in [2.45, 2.75) is 0 Å². The zero-order chi connectivity index (χ0) is 11.3. The summed E-state index contributed by atoms with van der Waals surface area (Å²) in [6.45, 7) is -0.419. The maximum absolute atomic E-state index is 13.1. The number of carbonyl (C=O) groups is 1. The molecule has 1 aromatic rings. The lowest BCUT2D eigenvalue weighted by Crippen LogP contribution is -2.07. The standard InChI is InChI=1S/C10H11F2NO2/c1-15-10(14)8-6-7(13-5-4-11)2-3-9(8)12/h2-3,6,13H,4-5H2,1H3. The number of esters is 1. The fourth-order valence-corrected chi connectivity index (χ4v) is 1.09. The number of ether oxygens (including phenoxy) is 1. The average Bonchev–Trinajstić information content (AvgIpc) is 2.27. The van der Waals surface area contributed by atoms with E-state index in [4.69, 9.17) is 0 Å². The Balaban J connectivity index is 2.89. The molecular formula is C10H11F2NO2. The molecule has 0 aliphatic heterocycles. The lowest BCUT2D eigenvalue weighted by molar-refractivity contribution is 0.0595. The van der Waals surface area contributed by atoms with E-state index in [2.05, 4.69) is 10.1 Å². The van der Waals surface area contributed by atoms with Crippen LogP contribution in [0.3, 0.4) is 0 Å². The van der Waals surface area contributed by atoms with Crippen LogP contribution in [0.5, 0.6) is 0 Å². The monoisotopic (exact) mass is 215 g/mol. The summed E-state index contributed by atoms with van der Waals surface area (Å²) in [4.78, 5) is 11.1. The van der Waals surface area contributed by atoms with Crippen molar-refractivity contribution in [2.75, 3.05) is 25.6 Å². The molecule has 0 aromatic heterocycles. The Hall–Kier alpha value is -1.65. The van der Waals surface area contributed by atoms with Crippen molar-refractivity contribution in [3.8, 4) is 0 Å². The summed E-state index contributed by atoms with van der Waals surface area (Å²) >= 11 is 0. The normalized spacial score (nSPS) is 9.80. The van der Waals surface area contributed by atoms with Gasteiger partial charge in [-0.3, -0.25) is 0 Å². The molecule has 0 fully saturated rings. The summed E-state index contributed by atoms with van der Waals surface area (Å²) in [7, 11) is 1.17. The first-order chi connectivity index (χ1) is 7.19. The third-order valence-corrected chi connectivity index (χ3v) is 1.80. The molecule has 1 rings (SSSR count). The third kappa shape index (κ3) is 2.90. The Morgan fingerprint density at radius 2 is 2.27 bits per heavy atom. The van der Waals surface area contributed by atoms with E-state index < -0.39 is 18.5 Å². The van der Waals surface area contributed by atoms with Crippen molar-refractivity contribution >= 4 is 11.7 Å². The van der Waals surface area contributed by atoms with Gasteiger partial charge in [-0.1, -0.05) is 0 Å². The quantitative estimate of drug-likeness (QED) is 0.780. The lowest BCUT2D eigenvalue weighted by Gasteiger charge is -2.06. The van der Waals surface area contributed by atoms with Crippen LogP contribution in [0, 0.1) is 5.82 Å². The molecule has 0 atom stereocenters. The zero-order valence-corrected chi connectivity index (χ0v) is 8.22. The van der Waals surface area contributed by atoms with Crippen molar-refractivity contribution in [1.29, 1.82) is 0 Å². The number of alkyl halides is 1. The first-order valence-electron chi connectivity index (χ1n) is 4.36. The first kappa shape index (κ1) is 11.4. The molecule has 0 spiro atoms. The number of hydrogen-bond acceptors (Lipinski definition) is 3. The molecule has 1 N–H and O–H groups in total. The Morgan fingerprint density at radius 1 is 1.53 bits per heavy atom. The SMILES string of the molecule is COC(=O)c1cc(NCCF)ccc1F. The predicted octanol–water partition coefficient (Wildman–Crippen LogP) is 1.99. The van der Waals surface area contributed by atoms with E-state index in [9.17, 15) is 13.6 Å². The van der Waals surface area contributed by atoms with Gasteiger partial charge in [0.05, 0.1) is 12.7 Å². The summed E-state index contributed by atoms with van der Waals surface area (Å²) < 4.78 is 29.4. The Morgan fingerprint density at radius 3 is 2.87 bits per heavy atom. The van der Waals surface area contributed by atoms with Gasteiger partial charge in [0.25, 0.3) is 0 Å². The van der Waals surface area contributed by atoms with Gasteiger partial charge in [0.2, 0.25) is 0 Å². The van der Waals surface area contributed by atoms with Gasteiger partial charge in [0.1, 0.15) is 12.5 Å². The summed E-state index contributed by atoms with van der Waals surface area (Å²) in [5.74, 6) is -1.41. The second kappa shape index (κ2) is 5.29. The van der Waals surface area contributed by atoms with Crippen LogP contribution >= 0.6 is 0 Å². The smallest absolute Gasteiger partial charge is 0.340 e. The highest BCUT2D eigenvalue weighted by Gasteiger charge is 2.12. The minimum absolute atomic E-state index is 0.117. The van der Waals surface area contributed by atoms with Crippen molar-refractivity contribution in [3.05, 3.63) is 29.6 Å². The highest BCUT2D eigenvalue weighted by Crippen LogP contribution is 2.15. The van der Waals surface area contributed by atoms with Crippen molar-refractivity contribution in [2.24, 2.45) is 0 Å². The van der Waals surface area contributed by atoms with Crippen LogP contribution < -0.4 is 5.32 Å². The number of rotatable bonds is 4. The number of anilines is 1. The first-order valence-corrected chi connectivity index (χ1v) is 4.36. The number of nitrogens with one attached hydrogen (secondary N) is 1. The lowest BCUT2D eigenvalue weighted by atomic mass is 10.2. The van der Waals surface area contributed by atoms with Gasteiger partial charge in [0.15, 0.2) is 0 Å². The number of methoxy groups -OCH3 is 1. The van der Waals surface area contributed by atoms with Gasteiger partial charge in [-0.25, -0.2) is 13.6 Å².